The van der Waals surface area contributed by atoms with Crippen LogP contribution in [0.1, 0.15) is 0 Å². The summed E-state index contributed by atoms with van der Waals surface area (Å²) in [4.78, 5) is 15.9. The highest BCUT2D eigenvalue weighted by Crippen LogP contribution is 2.28. The van der Waals surface area contributed by atoms with E-state index in [-0.39, 0.29) is 11.7 Å². The van der Waals surface area contributed by atoms with Gasteiger partial charge in [0.25, 0.3) is 5.70 Å². The minimum absolute atomic E-state index is 0.0323. The molecule has 78 valence electrons. The molecular formula is C9H8ClN3O2. The molecular weight excluding hydrogens is 218 g/mol. The van der Waals surface area contributed by atoms with Crippen LogP contribution in [0.4, 0.5) is 0 Å². The first-order chi connectivity index (χ1) is 7.09. The molecule has 2 aliphatic rings. The van der Waals surface area contributed by atoms with Crippen molar-refractivity contribution in [2.75, 3.05) is 7.05 Å². The summed E-state index contributed by atoms with van der Waals surface area (Å²) in [5, 5.41) is 10.9. The third-order valence-corrected chi connectivity index (χ3v) is 2.63. The fraction of sp³-hybridized carbons (Fsp3) is 0.222. The van der Waals surface area contributed by atoms with Crippen LogP contribution < -0.4 is 0 Å². The Hall–Kier alpha value is -1.62. The molecule has 0 radical (unpaired) electrons. The highest BCUT2D eigenvalue weighted by molar-refractivity contribution is 6.30. The largest absolute Gasteiger partial charge is 0.355 e. The molecule has 1 aliphatic heterocycles. The van der Waals surface area contributed by atoms with Gasteiger partial charge in [-0.1, -0.05) is 17.7 Å². The van der Waals surface area contributed by atoms with Gasteiger partial charge >= 0.3 is 0 Å². The van der Waals surface area contributed by atoms with Crippen molar-refractivity contribution >= 4 is 17.9 Å². The molecule has 1 heterocycles. The third-order valence-electron chi connectivity index (χ3n) is 2.31. The van der Waals surface area contributed by atoms with Gasteiger partial charge in [-0.2, -0.15) is 0 Å². The Morgan fingerprint density at radius 1 is 1.67 bits per heavy atom. The number of halogens is 1. The van der Waals surface area contributed by atoms with E-state index < -0.39 is 4.92 Å². The fourth-order valence-electron chi connectivity index (χ4n) is 1.52. The maximum absolute atomic E-state index is 10.6. The molecule has 0 spiro atoms. The number of allylic oxidation sites excluding steroid dienone is 1. The van der Waals surface area contributed by atoms with Crippen LogP contribution in [-0.2, 0) is 0 Å². The molecule has 0 saturated heterocycles. The predicted octanol–water partition coefficient (Wildman–Crippen LogP) is 1.51. The number of aliphatic imine (C=N–C) groups is 1. The summed E-state index contributed by atoms with van der Waals surface area (Å²) in [5.74, 6) is 0. The number of hydrogen-bond donors (Lipinski definition) is 0. The quantitative estimate of drug-likeness (QED) is 0.386. The van der Waals surface area contributed by atoms with Gasteiger partial charge in [0.1, 0.15) is 5.16 Å². The van der Waals surface area contributed by atoms with Crippen molar-refractivity contribution in [3.05, 3.63) is 44.8 Å². The van der Waals surface area contributed by atoms with Crippen LogP contribution in [0.2, 0.25) is 0 Å². The van der Waals surface area contributed by atoms with Gasteiger partial charge in [0, 0.05) is 24.8 Å². The number of likely N-dealkylation sites (N-methyl/N-ethyl adjacent to an activating group) is 1. The van der Waals surface area contributed by atoms with Crippen LogP contribution in [0.25, 0.3) is 0 Å². The molecule has 15 heavy (non-hydrogen) atoms. The molecule has 1 aliphatic carbocycles. The lowest BCUT2D eigenvalue weighted by atomic mass is 9.99. The fourth-order valence-corrected chi connectivity index (χ4v) is 1.73. The zero-order valence-corrected chi connectivity index (χ0v) is 8.68. The second-order valence-corrected chi connectivity index (χ2v) is 3.64. The highest BCUT2D eigenvalue weighted by Gasteiger charge is 2.26. The van der Waals surface area contributed by atoms with Crippen molar-refractivity contribution in [2.45, 2.75) is 6.04 Å². The molecule has 0 aromatic heterocycles. The average Bonchev–Trinajstić information content (AvgIpc) is 2.23. The number of rotatable bonds is 1. The molecule has 0 bridgehead atoms. The van der Waals surface area contributed by atoms with E-state index in [1.54, 1.807) is 12.4 Å². The maximum atomic E-state index is 10.6. The highest BCUT2D eigenvalue weighted by atomic mass is 35.5. The minimum Gasteiger partial charge on any atom is -0.355 e. The monoisotopic (exact) mass is 225 g/mol. The molecule has 5 nitrogen and oxygen atoms in total. The summed E-state index contributed by atoms with van der Waals surface area (Å²) in [6, 6.07) is -0.0568. The van der Waals surface area contributed by atoms with E-state index >= 15 is 0 Å². The van der Waals surface area contributed by atoms with Gasteiger partial charge in [-0.05, 0) is 0 Å². The molecule has 0 N–H and O–H groups in total. The van der Waals surface area contributed by atoms with Crippen molar-refractivity contribution in [2.24, 2.45) is 4.99 Å². The molecule has 2 rings (SSSR count). The van der Waals surface area contributed by atoms with Crippen LogP contribution in [0.15, 0.2) is 39.6 Å². The zero-order valence-electron chi connectivity index (χ0n) is 7.92. The van der Waals surface area contributed by atoms with Crippen LogP contribution >= 0.6 is 11.6 Å². The second kappa shape index (κ2) is 3.51. The molecule has 0 aromatic carbocycles. The molecule has 6 heteroatoms. The molecule has 0 saturated carbocycles. The standard InChI is InChI=1S/C9H8ClN3O2/c1-12-5-11-9(10)7-4-6(13(14)15)2-3-8(7)12/h2-5,8H,1H3. The van der Waals surface area contributed by atoms with Gasteiger partial charge < -0.3 is 4.90 Å². The van der Waals surface area contributed by atoms with Gasteiger partial charge in [0.2, 0.25) is 0 Å². The first-order valence-electron chi connectivity index (χ1n) is 4.29. The molecule has 1 atom stereocenters. The first kappa shape index (κ1) is 9.92. The summed E-state index contributed by atoms with van der Waals surface area (Å²) in [7, 11) is 1.84. The third kappa shape index (κ3) is 1.66. The Balaban J connectivity index is 2.45. The maximum Gasteiger partial charge on any atom is 0.269 e. The van der Waals surface area contributed by atoms with E-state index in [1.807, 2.05) is 11.9 Å². The predicted molar refractivity (Wildman–Crippen MR) is 57.1 cm³/mol. The van der Waals surface area contributed by atoms with E-state index in [2.05, 4.69) is 4.99 Å². The number of nitrogens with zero attached hydrogens (tertiary/aromatic N) is 3. The Morgan fingerprint density at radius 3 is 3.07 bits per heavy atom. The number of hydrogen-bond acceptors (Lipinski definition) is 4. The van der Waals surface area contributed by atoms with E-state index in [0.717, 1.165) is 0 Å². The van der Waals surface area contributed by atoms with Crippen LogP contribution in [-0.4, -0.2) is 29.3 Å². The Labute approximate surface area is 91.2 Å². The minimum atomic E-state index is -0.442. The van der Waals surface area contributed by atoms with Gasteiger partial charge in [0.15, 0.2) is 0 Å². The summed E-state index contributed by atoms with van der Waals surface area (Å²) >= 11 is 5.88. The van der Waals surface area contributed by atoms with Crippen LogP contribution in [0.3, 0.4) is 0 Å². The summed E-state index contributed by atoms with van der Waals surface area (Å²) < 4.78 is 0. The molecule has 0 amide bonds. The van der Waals surface area contributed by atoms with Gasteiger partial charge in [-0.25, -0.2) is 4.99 Å². The van der Waals surface area contributed by atoms with Gasteiger partial charge in [0.05, 0.1) is 17.3 Å². The van der Waals surface area contributed by atoms with Crippen molar-refractivity contribution in [1.29, 1.82) is 0 Å². The lowest BCUT2D eigenvalue weighted by Crippen LogP contribution is -2.34. The van der Waals surface area contributed by atoms with Gasteiger partial charge in [-0.3, -0.25) is 10.1 Å². The molecule has 0 fully saturated rings. The normalized spacial score (nSPS) is 24.0. The van der Waals surface area contributed by atoms with Crippen molar-refractivity contribution in [3.63, 3.8) is 0 Å². The number of nitro groups is 1. The summed E-state index contributed by atoms with van der Waals surface area (Å²) in [5.41, 5.74) is 0.695. The molecule has 0 aromatic rings. The lowest BCUT2D eigenvalue weighted by Gasteiger charge is -2.29. The van der Waals surface area contributed by atoms with Crippen LogP contribution in [0.5, 0.6) is 0 Å². The average molecular weight is 226 g/mol. The Bertz CT molecular complexity index is 437. The van der Waals surface area contributed by atoms with Crippen molar-refractivity contribution < 1.29 is 4.92 Å². The number of fused-ring (bicyclic) bond motifs is 1. The second-order valence-electron chi connectivity index (χ2n) is 3.29. The molecule has 1 unspecified atom stereocenters. The first-order valence-corrected chi connectivity index (χ1v) is 4.67. The van der Waals surface area contributed by atoms with E-state index in [0.29, 0.717) is 10.7 Å². The van der Waals surface area contributed by atoms with E-state index in [4.69, 9.17) is 11.6 Å². The topological polar surface area (TPSA) is 58.7 Å². The Kier molecular flexibility index (Phi) is 2.32. The van der Waals surface area contributed by atoms with Crippen LogP contribution in [0, 0.1) is 10.1 Å². The summed E-state index contributed by atoms with van der Waals surface area (Å²) in [6.07, 6.45) is 6.28. The van der Waals surface area contributed by atoms with Crippen molar-refractivity contribution in [3.8, 4) is 0 Å². The van der Waals surface area contributed by atoms with Gasteiger partial charge in [-0.15, -0.1) is 0 Å². The lowest BCUT2D eigenvalue weighted by molar-refractivity contribution is -0.419. The zero-order chi connectivity index (χ0) is 11.0. The van der Waals surface area contributed by atoms with E-state index in [1.165, 1.54) is 12.2 Å². The van der Waals surface area contributed by atoms with E-state index in [9.17, 15) is 10.1 Å². The Morgan fingerprint density at radius 2 is 2.40 bits per heavy atom. The smallest absolute Gasteiger partial charge is 0.269 e. The SMILES string of the molecule is CN1C=NC(Cl)=C2C=C([N+](=O)[O-])C=CC21. The van der Waals surface area contributed by atoms with Crippen molar-refractivity contribution in [1.82, 2.24) is 4.90 Å². The summed E-state index contributed by atoms with van der Waals surface area (Å²) in [6.45, 7) is 0.